The number of rotatable bonds is 1. The van der Waals surface area contributed by atoms with Gasteiger partial charge in [0.05, 0.1) is 0 Å². The van der Waals surface area contributed by atoms with E-state index in [1.807, 2.05) is 6.92 Å². The van der Waals surface area contributed by atoms with Crippen molar-refractivity contribution in [3.05, 3.63) is 28.8 Å². The molecular formula is C18H24O. The van der Waals surface area contributed by atoms with Crippen LogP contribution in [0.25, 0.3) is 0 Å². The topological polar surface area (TPSA) is 20.2 Å². The number of benzene rings is 1. The van der Waals surface area contributed by atoms with Crippen molar-refractivity contribution < 1.29 is 5.11 Å². The summed E-state index contributed by atoms with van der Waals surface area (Å²) in [7, 11) is 0. The molecule has 1 aromatic rings. The Bertz CT molecular complexity index is 519. The summed E-state index contributed by atoms with van der Waals surface area (Å²) in [6, 6.07) is 4.24. The van der Waals surface area contributed by atoms with E-state index in [1.165, 1.54) is 43.2 Å². The second-order valence-corrected chi connectivity index (χ2v) is 7.26. The lowest BCUT2D eigenvalue weighted by Gasteiger charge is -2.32. The van der Waals surface area contributed by atoms with Crippen molar-refractivity contribution in [1.82, 2.24) is 0 Å². The van der Waals surface area contributed by atoms with E-state index in [2.05, 4.69) is 19.1 Å². The van der Waals surface area contributed by atoms with Gasteiger partial charge in [0, 0.05) is 0 Å². The molecule has 1 heteroatoms. The summed E-state index contributed by atoms with van der Waals surface area (Å²) < 4.78 is 0. The van der Waals surface area contributed by atoms with E-state index >= 15 is 0 Å². The van der Waals surface area contributed by atoms with E-state index in [4.69, 9.17) is 0 Å². The summed E-state index contributed by atoms with van der Waals surface area (Å²) in [5, 5.41) is 10.0. The summed E-state index contributed by atoms with van der Waals surface area (Å²) in [6.07, 6.45) is 7.28. The number of hydrogen-bond donors (Lipinski definition) is 1. The van der Waals surface area contributed by atoms with Gasteiger partial charge in [-0.15, -0.1) is 0 Å². The first-order valence-electron chi connectivity index (χ1n) is 7.95. The molecule has 1 N–H and O–H groups in total. The molecule has 102 valence electrons. The normalized spacial score (nSPS) is 39.8. The summed E-state index contributed by atoms with van der Waals surface area (Å²) in [5.41, 5.74) is 3.85. The van der Waals surface area contributed by atoms with E-state index in [-0.39, 0.29) is 0 Å². The third-order valence-electron chi connectivity index (χ3n) is 6.41. The molecule has 0 aromatic heterocycles. The Labute approximate surface area is 116 Å². The lowest BCUT2D eigenvalue weighted by atomic mass is 9.72. The summed E-state index contributed by atoms with van der Waals surface area (Å²) in [4.78, 5) is 0. The van der Waals surface area contributed by atoms with Gasteiger partial charge in [0.1, 0.15) is 5.75 Å². The number of hydrogen-bond acceptors (Lipinski definition) is 1. The standard InChI is InChI=1S/C18H24O/c1-10-6-11(2)18(19)9-15(10)17-8-12-7-16(17)14-5-3-4-13(12)14/h6,9,12-14,16-17,19H,3-5,7-8H2,1-2H3. The highest BCUT2D eigenvalue weighted by molar-refractivity contribution is 5.43. The second kappa shape index (κ2) is 4.01. The van der Waals surface area contributed by atoms with Crippen LogP contribution < -0.4 is 0 Å². The quantitative estimate of drug-likeness (QED) is 0.781. The van der Waals surface area contributed by atoms with Crippen molar-refractivity contribution in [2.24, 2.45) is 23.7 Å². The molecule has 0 heterocycles. The van der Waals surface area contributed by atoms with Gasteiger partial charge < -0.3 is 5.11 Å². The predicted molar refractivity (Wildman–Crippen MR) is 77.4 cm³/mol. The van der Waals surface area contributed by atoms with Gasteiger partial charge in [-0.3, -0.25) is 0 Å². The SMILES string of the molecule is Cc1cc(C)c(C2CC3CC2C2CCCC32)cc1O. The zero-order valence-electron chi connectivity index (χ0n) is 12.0. The van der Waals surface area contributed by atoms with Crippen LogP contribution in [0.2, 0.25) is 0 Å². The van der Waals surface area contributed by atoms with Crippen molar-refractivity contribution >= 4 is 0 Å². The highest BCUT2D eigenvalue weighted by atomic mass is 16.3. The highest BCUT2D eigenvalue weighted by Crippen LogP contribution is 2.63. The van der Waals surface area contributed by atoms with E-state index in [0.29, 0.717) is 5.75 Å². The van der Waals surface area contributed by atoms with Gasteiger partial charge >= 0.3 is 0 Å². The van der Waals surface area contributed by atoms with Crippen LogP contribution in [-0.2, 0) is 0 Å². The smallest absolute Gasteiger partial charge is 0.118 e. The largest absolute Gasteiger partial charge is 0.508 e. The van der Waals surface area contributed by atoms with Crippen LogP contribution in [0.4, 0.5) is 0 Å². The zero-order valence-corrected chi connectivity index (χ0v) is 12.0. The fourth-order valence-corrected chi connectivity index (χ4v) is 5.68. The fourth-order valence-electron chi connectivity index (χ4n) is 5.68. The molecule has 3 aliphatic carbocycles. The Balaban J connectivity index is 1.70. The van der Waals surface area contributed by atoms with Gasteiger partial charge in [0.25, 0.3) is 0 Å². The van der Waals surface area contributed by atoms with Crippen LogP contribution in [0, 0.1) is 37.5 Å². The summed E-state index contributed by atoms with van der Waals surface area (Å²) in [6.45, 7) is 4.22. The minimum absolute atomic E-state index is 0.492. The molecule has 0 radical (unpaired) electrons. The van der Waals surface area contributed by atoms with Crippen LogP contribution in [0.1, 0.15) is 54.7 Å². The number of aryl methyl sites for hydroxylation is 2. The molecule has 0 saturated heterocycles. The van der Waals surface area contributed by atoms with Crippen molar-refractivity contribution in [3.63, 3.8) is 0 Å². The Kier molecular flexibility index (Phi) is 2.49. The monoisotopic (exact) mass is 256 g/mol. The van der Waals surface area contributed by atoms with Gasteiger partial charge in [0.2, 0.25) is 0 Å². The van der Waals surface area contributed by atoms with E-state index in [0.717, 1.165) is 35.2 Å². The first kappa shape index (κ1) is 11.8. The zero-order chi connectivity index (χ0) is 13.1. The van der Waals surface area contributed by atoms with Gasteiger partial charge in [-0.2, -0.15) is 0 Å². The van der Waals surface area contributed by atoms with Crippen LogP contribution in [0.5, 0.6) is 5.75 Å². The molecule has 1 nitrogen and oxygen atoms in total. The molecule has 3 fully saturated rings. The van der Waals surface area contributed by atoms with Crippen LogP contribution in [0.15, 0.2) is 12.1 Å². The van der Waals surface area contributed by atoms with Crippen LogP contribution in [-0.4, -0.2) is 5.11 Å². The van der Waals surface area contributed by atoms with Crippen molar-refractivity contribution in [1.29, 1.82) is 0 Å². The molecule has 2 bridgehead atoms. The average Bonchev–Trinajstić information content (AvgIpc) is 3.04. The lowest BCUT2D eigenvalue weighted by Crippen LogP contribution is -2.23. The molecule has 0 amide bonds. The molecule has 3 saturated carbocycles. The van der Waals surface area contributed by atoms with Gasteiger partial charge in [-0.1, -0.05) is 12.5 Å². The third-order valence-corrected chi connectivity index (χ3v) is 6.41. The molecule has 3 aliphatic rings. The number of fused-ring (bicyclic) bond motifs is 5. The first-order chi connectivity index (χ1) is 9.15. The van der Waals surface area contributed by atoms with E-state index in [1.54, 1.807) is 0 Å². The fraction of sp³-hybridized carbons (Fsp3) is 0.667. The van der Waals surface area contributed by atoms with Gasteiger partial charge in [0.15, 0.2) is 0 Å². The van der Waals surface area contributed by atoms with E-state index < -0.39 is 0 Å². The molecule has 1 aromatic carbocycles. The van der Waals surface area contributed by atoms with Crippen LogP contribution in [0.3, 0.4) is 0 Å². The molecule has 5 atom stereocenters. The average molecular weight is 256 g/mol. The minimum Gasteiger partial charge on any atom is -0.508 e. The van der Waals surface area contributed by atoms with Gasteiger partial charge in [-0.25, -0.2) is 0 Å². The van der Waals surface area contributed by atoms with Crippen molar-refractivity contribution in [3.8, 4) is 5.75 Å². The second-order valence-electron chi connectivity index (χ2n) is 7.26. The third kappa shape index (κ3) is 1.60. The molecule has 4 rings (SSSR count). The Hall–Kier alpha value is -0.980. The summed E-state index contributed by atoms with van der Waals surface area (Å²) >= 11 is 0. The van der Waals surface area contributed by atoms with Gasteiger partial charge in [-0.05, 0) is 91.9 Å². The van der Waals surface area contributed by atoms with Crippen molar-refractivity contribution in [2.45, 2.75) is 51.9 Å². The number of aromatic hydroxyl groups is 1. The summed E-state index contributed by atoms with van der Waals surface area (Å²) in [5.74, 6) is 5.19. The molecule has 5 unspecified atom stereocenters. The minimum atomic E-state index is 0.492. The maximum absolute atomic E-state index is 10.0. The van der Waals surface area contributed by atoms with Crippen LogP contribution >= 0.6 is 0 Å². The Morgan fingerprint density at radius 3 is 2.58 bits per heavy atom. The molecule has 0 aliphatic heterocycles. The Morgan fingerprint density at radius 1 is 0.947 bits per heavy atom. The number of phenolic OH excluding ortho intramolecular Hbond substituents is 1. The first-order valence-corrected chi connectivity index (χ1v) is 7.95. The van der Waals surface area contributed by atoms with Crippen molar-refractivity contribution in [2.75, 3.05) is 0 Å². The molecular weight excluding hydrogens is 232 g/mol. The molecule has 19 heavy (non-hydrogen) atoms. The maximum Gasteiger partial charge on any atom is 0.118 e. The number of phenols is 1. The molecule has 0 spiro atoms. The highest BCUT2D eigenvalue weighted by Gasteiger charge is 2.54. The lowest BCUT2D eigenvalue weighted by molar-refractivity contribution is 0.232. The predicted octanol–water partition coefficient (Wildman–Crippen LogP) is 4.55. The Morgan fingerprint density at radius 2 is 1.74 bits per heavy atom. The van der Waals surface area contributed by atoms with E-state index in [9.17, 15) is 5.11 Å². The maximum atomic E-state index is 10.0.